The Morgan fingerprint density at radius 3 is 2.61 bits per heavy atom. The number of rotatable bonds is 5. The topological polar surface area (TPSA) is 108 Å². The molecule has 1 aliphatic rings. The summed E-state index contributed by atoms with van der Waals surface area (Å²) in [6, 6.07) is 17.8. The smallest absolute Gasteiger partial charge is 0.363 e. The fourth-order valence-corrected chi connectivity index (χ4v) is 5.19. The van der Waals surface area contributed by atoms with Crippen LogP contribution in [-0.4, -0.2) is 22.8 Å². The van der Waals surface area contributed by atoms with Crippen LogP contribution in [0.15, 0.2) is 81.9 Å². The first-order valence-electron chi connectivity index (χ1n) is 10.3. The van der Waals surface area contributed by atoms with Gasteiger partial charge in [0.05, 0.1) is 9.95 Å². The van der Waals surface area contributed by atoms with Crippen LogP contribution >= 0.6 is 38.9 Å². The van der Waals surface area contributed by atoms with Gasteiger partial charge in [-0.1, -0.05) is 45.7 Å². The number of halogens is 2. The first-order valence-corrected chi connectivity index (χ1v) is 12.2. The molecule has 3 aromatic carbocycles. The van der Waals surface area contributed by atoms with Crippen LogP contribution < -0.4 is 4.74 Å². The highest BCUT2D eigenvalue weighted by Gasteiger charge is 2.26. The summed E-state index contributed by atoms with van der Waals surface area (Å²) in [5.74, 6) is -1.15. The number of carbonyl (C=O) groups excluding carboxylic acids is 2. The maximum atomic E-state index is 13.0. The minimum atomic E-state index is -0.715. The van der Waals surface area contributed by atoms with Crippen LogP contribution in [0.5, 0.6) is 5.75 Å². The average molecular weight is 584 g/mol. The SMILES string of the molecule is O=C1OC(c2ccc([N+](=O)[O-])cc2)=N/C1=C/c1cc(Br)ccc1OC(=O)c1sc2ccccc2c1Cl. The molecule has 0 bridgehead atoms. The van der Waals surface area contributed by atoms with Gasteiger partial charge in [-0.2, -0.15) is 0 Å². The average Bonchev–Trinajstić information content (AvgIpc) is 3.40. The van der Waals surface area contributed by atoms with Crippen LogP contribution in [0.1, 0.15) is 20.8 Å². The fourth-order valence-electron chi connectivity index (χ4n) is 3.42. The van der Waals surface area contributed by atoms with E-state index in [1.165, 1.54) is 41.7 Å². The highest BCUT2D eigenvalue weighted by Crippen LogP contribution is 2.36. The standard InChI is InChI=1S/C25H12BrClN2O6S/c26-15-7-10-19(34-25(31)22-21(27)17-3-1-2-4-20(17)36-22)14(11-15)12-18-24(30)35-23(28-18)13-5-8-16(9-6-13)29(32)33/h1-12H/b18-12+. The number of ether oxygens (including phenoxy) is 2. The van der Waals surface area contributed by atoms with Gasteiger partial charge in [0.2, 0.25) is 5.90 Å². The molecule has 11 heteroatoms. The number of hydrogen-bond acceptors (Lipinski definition) is 8. The van der Waals surface area contributed by atoms with Gasteiger partial charge >= 0.3 is 11.9 Å². The molecule has 1 aliphatic heterocycles. The van der Waals surface area contributed by atoms with E-state index in [0.29, 0.717) is 20.6 Å². The number of carbonyl (C=O) groups is 2. The Morgan fingerprint density at radius 2 is 1.89 bits per heavy atom. The molecule has 4 aromatic rings. The van der Waals surface area contributed by atoms with Gasteiger partial charge in [-0.05, 0) is 42.5 Å². The van der Waals surface area contributed by atoms with Gasteiger partial charge in [0, 0.05) is 37.8 Å². The van der Waals surface area contributed by atoms with E-state index in [1.54, 1.807) is 18.2 Å². The molecule has 0 amide bonds. The summed E-state index contributed by atoms with van der Waals surface area (Å²) in [6.45, 7) is 0. The molecule has 0 saturated heterocycles. The van der Waals surface area contributed by atoms with E-state index in [1.807, 2.05) is 24.3 Å². The monoisotopic (exact) mass is 582 g/mol. The molecule has 8 nitrogen and oxygen atoms in total. The number of hydrogen-bond donors (Lipinski definition) is 0. The Bertz CT molecular complexity index is 1630. The maximum Gasteiger partial charge on any atom is 0.363 e. The molecule has 5 rings (SSSR count). The van der Waals surface area contributed by atoms with Gasteiger partial charge in [0.1, 0.15) is 10.6 Å². The minimum Gasteiger partial charge on any atom is -0.422 e. The van der Waals surface area contributed by atoms with E-state index in [-0.39, 0.29) is 27.9 Å². The minimum absolute atomic E-state index is 0.00625. The molecule has 0 aliphatic carbocycles. The largest absolute Gasteiger partial charge is 0.422 e. The van der Waals surface area contributed by atoms with E-state index in [9.17, 15) is 19.7 Å². The third kappa shape index (κ3) is 4.66. The molecule has 0 N–H and O–H groups in total. The number of thiophene rings is 1. The second-order valence-electron chi connectivity index (χ2n) is 7.45. The molecule has 0 unspecified atom stereocenters. The predicted molar refractivity (Wildman–Crippen MR) is 140 cm³/mol. The Balaban J connectivity index is 1.46. The third-order valence-electron chi connectivity index (χ3n) is 5.13. The number of benzene rings is 3. The number of esters is 2. The predicted octanol–water partition coefficient (Wildman–Crippen LogP) is 6.79. The summed E-state index contributed by atoms with van der Waals surface area (Å²) in [5.41, 5.74) is 0.672. The van der Waals surface area contributed by atoms with Gasteiger partial charge < -0.3 is 9.47 Å². The molecule has 0 atom stereocenters. The lowest BCUT2D eigenvalue weighted by Crippen LogP contribution is -2.08. The number of nitrogens with zero attached hydrogens (tertiary/aromatic N) is 2. The highest BCUT2D eigenvalue weighted by atomic mass is 79.9. The zero-order valence-electron chi connectivity index (χ0n) is 17.9. The van der Waals surface area contributed by atoms with Gasteiger partial charge in [-0.25, -0.2) is 14.6 Å². The van der Waals surface area contributed by atoms with E-state index in [0.717, 1.165) is 10.1 Å². The molecule has 0 spiro atoms. The second kappa shape index (κ2) is 9.65. The molecule has 0 radical (unpaired) electrons. The van der Waals surface area contributed by atoms with Crippen molar-refractivity contribution in [3.8, 4) is 5.75 Å². The summed E-state index contributed by atoms with van der Waals surface area (Å²) in [5, 5.41) is 11.9. The Kier molecular flexibility index (Phi) is 6.40. The summed E-state index contributed by atoms with van der Waals surface area (Å²) in [7, 11) is 0. The highest BCUT2D eigenvalue weighted by molar-refractivity contribution is 9.10. The van der Waals surface area contributed by atoms with Crippen LogP contribution in [0.3, 0.4) is 0 Å². The van der Waals surface area contributed by atoms with Crippen LogP contribution in [-0.2, 0) is 9.53 Å². The molecule has 0 fully saturated rings. The maximum absolute atomic E-state index is 13.0. The van der Waals surface area contributed by atoms with Gasteiger partial charge in [-0.3, -0.25) is 10.1 Å². The van der Waals surface area contributed by atoms with Crippen molar-refractivity contribution >= 4 is 78.6 Å². The first kappa shape index (κ1) is 23.9. The number of aliphatic imine (C=N–C) groups is 1. The zero-order chi connectivity index (χ0) is 25.4. The molecular formula is C25H12BrClN2O6S. The van der Waals surface area contributed by atoms with E-state index < -0.39 is 16.9 Å². The van der Waals surface area contributed by atoms with Crippen LogP contribution in [0.4, 0.5) is 5.69 Å². The fraction of sp³-hybridized carbons (Fsp3) is 0. The molecule has 2 heterocycles. The van der Waals surface area contributed by atoms with E-state index in [4.69, 9.17) is 21.1 Å². The van der Waals surface area contributed by atoms with Crippen molar-refractivity contribution in [3.05, 3.63) is 108 Å². The van der Waals surface area contributed by atoms with Gasteiger partial charge in [-0.15, -0.1) is 11.3 Å². The van der Waals surface area contributed by atoms with E-state index >= 15 is 0 Å². The normalized spacial score (nSPS) is 14.1. The summed E-state index contributed by atoms with van der Waals surface area (Å²) >= 11 is 11.0. The lowest BCUT2D eigenvalue weighted by atomic mass is 10.1. The van der Waals surface area contributed by atoms with Crippen LogP contribution in [0.2, 0.25) is 5.02 Å². The zero-order valence-corrected chi connectivity index (χ0v) is 21.1. The number of nitro benzene ring substituents is 1. The quantitative estimate of drug-likeness (QED) is 0.0842. The Morgan fingerprint density at radius 1 is 1.14 bits per heavy atom. The Labute approximate surface area is 220 Å². The van der Waals surface area contributed by atoms with Crippen LogP contribution in [0.25, 0.3) is 16.2 Å². The van der Waals surface area contributed by atoms with Gasteiger partial charge in [0.25, 0.3) is 5.69 Å². The number of cyclic esters (lactones) is 1. The molecule has 36 heavy (non-hydrogen) atoms. The summed E-state index contributed by atoms with van der Waals surface area (Å²) < 4.78 is 12.4. The summed E-state index contributed by atoms with van der Waals surface area (Å²) in [6.07, 6.45) is 1.43. The Hall–Kier alpha value is -3.86. The van der Waals surface area contributed by atoms with Crippen molar-refractivity contribution in [2.75, 3.05) is 0 Å². The lowest BCUT2D eigenvalue weighted by Gasteiger charge is -2.08. The van der Waals surface area contributed by atoms with Crippen molar-refractivity contribution in [2.45, 2.75) is 0 Å². The number of fused-ring (bicyclic) bond motifs is 1. The summed E-state index contributed by atoms with van der Waals surface area (Å²) in [4.78, 5) is 40.3. The molecule has 0 saturated carbocycles. The van der Waals surface area contributed by atoms with Crippen molar-refractivity contribution < 1.29 is 24.0 Å². The third-order valence-corrected chi connectivity index (χ3v) is 7.28. The van der Waals surface area contributed by atoms with Gasteiger partial charge in [0.15, 0.2) is 5.70 Å². The van der Waals surface area contributed by atoms with Crippen molar-refractivity contribution in [1.29, 1.82) is 0 Å². The second-order valence-corrected chi connectivity index (χ2v) is 9.80. The lowest BCUT2D eigenvalue weighted by molar-refractivity contribution is -0.384. The van der Waals surface area contributed by atoms with Crippen LogP contribution in [0, 0.1) is 10.1 Å². The number of nitro groups is 1. The number of non-ortho nitro benzene ring substituents is 1. The van der Waals surface area contributed by atoms with E-state index in [2.05, 4.69) is 20.9 Å². The molecule has 1 aromatic heterocycles. The molecular weight excluding hydrogens is 572 g/mol. The van der Waals surface area contributed by atoms with Crippen molar-refractivity contribution in [3.63, 3.8) is 0 Å². The molecule has 178 valence electrons. The van der Waals surface area contributed by atoms with Crippen molar-refractivity contribution in [2.24, 2.45) is 4.99 Å². The first-order chi connectivity index (χ1) is 17.3. The van der Waals surface area contributed by atoms with Crippen molar-refractivity contribution in [1.82, 2.24) is 0 Å².